The highest BCUT2D eigenvalue weighted by atomic mass is 35.5. The predicted molar refractivity (Wildman–Crippen MR) is 80.3 cm³/mol. The standard InChI is InChI=1S/C12H15ClN2O3S2/c1-8(12(7-16)19-2)15-20(17,18)10-4-3-9(6-14)11(13)5-10/h3-5,8,12,15-16H,7H2,1-2H3. The molecule has 0 aliphatic carbocycles. The molecule has 0 aromatic heterocycles. The largest absolute Gasteiger partial charge is 0.395 e. The van der Waals surface area contributed by atoms with Crippen molar-refractivity contribution in [3.8, 4) is 6.07 Å². The first-order valence-electron chi connectivity index (χ1n) is 5.71. The highest BCUT2D eigenvalue weighted by molar-refractivity contribution is 7.99. The molecule has 0 saturated carbocycles. The van der Waals surface area contributed by atoms with E-state index in [1.165, 1.54) is 30.0 Å². The van der Waals surface area contributed by atoms with Gasteiger partial charge in [-0.15, -0.1) is 0 Å². The monoisotopic (exact) mass is 334 g/mol. The second-order valence-electron chi connectivity index (χ2n) is 4.12. The number of hydrogen-bond acceptors (Lipinski definition) is 5. The molecule has 1 aromatic carbocycles. The molecular weight excluding hydrogens is 320 g/mol. The maximum absolute atomic E-state index is 12.2. The summed E-state index contributed by atoms with van der Waals surface area (Å²) in [7, 11) is -3.74. The minimum absolute atomic E-state index is 0.00820. The van der Waals surface area contributed by atoms with Crippen molar-refractivity contribution >= 4 is 33.4 Å². The van der Waals surface area contributed by atoms with Crippen LogP contribution in [0.2, 0.25) is 5.02 Å². The third-order valence-electron chi connectivity index (χ3n) is 2.75. The molecule has 110 valence electrons. The smallest absolute Gasteiger partial charge is 0.240 e. The quantitative estimate of drug-likeness (QED) is 0.824. The summed E-state index contributed by atoms with van der Waals surface area (Å²) in [5, 5.41) is 17.8. The Balaban J connectivity index is 3.00. The fourth-order valence-electron chi connectivity index (χ4n) is 1.58. The molecule has 1 rings (SSSR count). The van der Waals surface area contributed by atoms with Crippen LogP contribution >= 0.6 is 23.4 Å². The SMILES string of the molecule is CSC(CO)C(C)NS(=O)(=O)c1ccc(C#N)c(Cl)c1. The number of aliphatic hydroxyl groups excluding tert-OH is 1. The van der Waals surface area contributed by atoms with Crippen molar-refractivity contribution in [2.24, 2.45) is 0 Å². The zero-order chi connectivity index (χ0) is 15.3. The van der Waals surface area contributed by atoms with E-state index in [2.05, 4.69) is 4.72 Å². The average molecular weight is 335 g/mol. The lowest BCUT2D eigenvalue weighted by Crippen LogP contribution is -2.41. The number of halogens is 1. The number of benzene rings is 1. The summed E-state index contributed by atoms with van der Waals surface area (Å²) < 4.78 is 26.9. The van der Waals surface area contributed by atoms with E-state index in [0.717, 1.165) is 0 Å². The Bertz CT molecular complexity index is 610. The minimum atomic E-state index is -3.74. The van der Waals surface area contributed by atoms with Gasteiger partial charge < -0.3 is 5.11 Å². The Kier molecular flexibility index (Phi) is 6.30. The van der Waals surface area contributed by atoms with Crippen molar-refractivity contribution in [3.63, 3.8) is 0 Å². The highest BCUT2D eigenvalue weighted by Crippen LogP contribution is 2.21. The van der Waals surface area contributed by atoms with Crippen molar-refractivity contribution in [2.75, 3.05) is 12.9 Å². The van der Waals surface area contributed by atoms with Gasteiger partial charge in [0.1, 0.15) is 6.07 Å². The normalized spacial score (nSPS) is 14.6. The third-order valence-corrected chi connectivity index (χ3v) is 5.78. The maximum atomic E-state index is 12.2. The minimum Gasteiger partial charge on any atom is -0.395 e. The molecule has 8 heteroatoms. The summed E-state index contributed by atoms with van der Waals surface area (Å²) in [6, 6.07) is 5.36. The topological polar surface area (TPSA) is 90.2 Å². The summed E-state index contributed by atoms with van der Waals surface area (Å²) in [5.74, 6) is 0. The van der Waals surface area contributed by atoms with E-state index in [1.807, 2.05) is 6.07 Å². The van der Waals surface area contributed by atoms with E-state index < -0.39 is 16.1 Å². The number of hydrogen-bond donors (Lipinski definition) is 2. The molecule has 2 unspecified atom stereocenters. The first kappa shape index (κ1) is 17.3. The summed E-state index contributed by atoms with van der Waals surface area (Å²) in [4.78, 5) is -0.00820. The molecular formula is C12H15ClN2O3S2. The maximum Gasteiger partial charge on any atom is 0.240 e. The van der Waals surface area contributed by atoms with Gasteiger partial charge in [-0.2, -0.15) is 17.0 Å². The zero-order valence-electron chi connectivity index (χ0n) is 11.0. The van der Waals surface area contributed by atoms with Gasteiger partial charge in [0.15, 0.2) is 0 Å². The van der Waals surface area contributed by atoms with Gasteiger partial charge in [-0.3, -0.25) is 0 Å². The van der Waals surface area contributed by atoms with Crippen LogP contribution in [0.5, 0.6) is 0 Å². The van der Waals surface area contributed by atoms with Crippen molar-refractivity contribution in [2.45, 2.75) is 23.1 Å². The van der Waals surface area contributed by atoms with Crippen LogP contribution < -0.4 is 4.72 Å². The molecule has 0 radical (unpaired) electrons. The number of thioether (sulfide) groups is 1. The molecule has 20 heavy (non-hydrogen) atoms. The molecule has 0 fully saturated rings. The number of nitriles is 1. The molecule has 0 aliphatic heterocycles. The molecule has 0 spiro atoms. The van der Waals surface area contributed by atoms with Crippen molar-refractivity contribution in [3.05, 3.63) is 28.8 Å². The Labute approximate surface area is 128 Å². The number of sulfonamides is 1. The van der Waals surface area contributed by atoms with Crippen LogP contribution in [-0.4, -0.2) is 37.7 Å². The predicted octanol–water partition coefficient (Wildman–Crippen LogP) is 1.60. The molecule has 1 aromatic rings. The Morgan fingerprint density at radius 2 is 2.20 bits per heavy atom. The van der Waals surface area contributed by atoms with Crippen LogP contribution in [0.4, 0.5) is 0 Å². The summed E-state index contributed by atoms with van der Waals surface area (Å²) in [6.45, 7) is 1.55. The first-order chi connectivity index (χ1) is 9.35. The van der Waals surface area contributed by atoms with E-state index in [-0.39, 0.29) is 27.3 Å². The van der Waals surface area contributed by atoms with Crippen molar-refractivity contribution in [1.82, 2.24) is 4.72 Å². The van der Waals surface area contributed by atoms with E-state index in [9.17, 15) is 8.42 Å². The lowest BCUT2D eigenvalue weighted by atomic mass is 10.2. The number of nitrogens with zero attached hydrogens (tertiary/aromatic N) is 1. The molecule has 2 N–H and O–H groups in total. The molecule has 0 aliphatic rings. The Morgan fingerprint density at radius 3 is 2.65 bits per heavy atom. The number of rotatable bonds is 6. The van der Waals surface area contributed by atoms with Crippen LogP contribution in [0, 0.1) is 11.3 Å². The molecule has 0 saturated heterocycles. The van der Waals surface area contributed by atoms with Gasteiger partial charge in [0.05, 0.1) is 22.1 Å². The van der Waals surface area contributed by atoms with Crippen LogP contribution in [0.25, 0.3) is 0 Å². The highest BCUT2D eigenvalue weighted by Gasteiger charge is 2.23. The molecule has 0 bridgehead atoms. The van der Waals surface area contributed by atoms with Crippen LogP contribution in [0.1, 0.15) is 12.5 Å². The summed E-state index contributed by atoms with van der Waals surface area (Å²) in [5.41, 5.74) is 0.219. The fourth-order valence-corrected chi connectivity index (χ4v) is 3.89. The molecule has 0 heterocycles. The molecule has 2 atom stereocenters. The van der Waals surface area contributed by atoms with Gasteiger partial charge in [0.25, 0.3) is 0 Å². The molecule has 0 amide bonds. The van der Waals surface area contributed by atoms with Crippen molar-refractivity contribution in [1.29, 1.82) is 5.26 Å². The second kappa shape index (κ2) is 7.29. The third kappa shape index (κ3) is 4.11. The van der Waals surface area contributed by atoms with Gasteiger partial charge in [-0.1, -0.05) is 11.6 Å². The van der Waals surface area contributed by atoms with Gasteiger partial charge in [0.2, 0.25) is 10.0 Å². The van der Waals surface area contributed by atoms with E-state index in [0.29, 0.717) is 0 Å². The van der Waals surface area contributed by atoms with Crippen LogP contribution in [-0.2, 0) is 10.0 Å². The van der Waals surface area contributed by atoms with Gasteiger partial charge >= 0.3 is 0 Å². The van der Waals surface area contributed by atoms with E-state index in [4.69, 9.17) is 22.0 Å². The Morgan fingerprint density at radius 1 is 1.55 bits per heavy atom. The van der Waals surface area contributed by atoms with Gasteiger partial charge in [-0.25, -0.2) is 13.1 Å². The van der Waals surface area contributed by atoms with Crippen molar-refractivity contribution < 1.29 is 13.5 Å². The zero-order valence-corrected chi connectivity index (χ0v) is 13.4. The lowest BCUT2D eigenvalue weighted by Gasteiger charge is -2.21. The summed E-state index contributed by atoms with van der Waals surface area (Å²) >= 11 is 7.21. The molecule has 5 nitrogen and oxygen atoms in total. The summed E-state index contributed by atoms with van der Waals surface area (Å²) in [6.07, 6.45) is 1.80. The Hall–Kier alpha value is -0.780. The second-order valence-corrected chi connectivity index (χ2v) is 7.32. The fraction of sp³-hybridized carbons (Fsp3) is 0.417. The van der Waals surface area contributed by atoms with E-state index in [1.54, 1.807) is 13.2 Å². The van der Waals surface area contributed by atoms with Gasteiger partial charge in [-0.05, 0) is 31.4 Å². The van der Waals surface area contributed by atoms with Crippen LogP contribution in [0.3, 0.4) is 0 Å². The number of aliphatic hydroxyl groups is 1. The van der Waals surface area contributed by atoms with E-state index >= 15 is 0 Å². The number of nitrogens with one attached hydrogen (secondary N) is 1. The van der Waals surface area contributed by atoms with Crippen LogP contribution in [0.15, 0.2) is 23.1 Å². The first-order valence-corrected chi connectivity index (χ1v) is 8.86. The lowest BCUT2D eigenvalue weighted by molar-refractivity contribution is 0.282. The average Bonchev–Trinajstić information content (AvgIpc) is 2.39. The van der Waals surface area contributed by atoms with Gasteiger partial charge in [0, 0.05) is 11.3 Å².